The molecule has 1 aliphatic rings. The number of unbranched alkanes of at least 4 members (excludes halogenated alkanes) is 3. The van der Waals surface area contributed by atoms with Crippen LogP contribution in [-0.4, -0.2) is 32.7 Å². The number of aryl methyl sites for hydroxylation is 1. The van der Waals surface area contributed by atoms with Crippen molar-refractivity contribution in [3.8, 4) is 0 Å². The molecule has 0 aliphatic carbocycles. The maximum Gasteiger partial charge on any atom is 0.0949 e. The van der Waals surface area contributed by atoms with Gasteiger partial charge < -0.3 is 9.80 Å². The summed E-state index contributed by atoms with van der Waals surface area (Å²) in [4.78, 5) is 4.37. The van der Waals surface area contributed by atoms with Crippen molar-refractivity contribution < 1.29 is 4.90 Å². The Morgan fingerprint density at radius 2 is 1.79 bits per heavy atom. The van der Waals surface area contributed by atoms with Crippen molar-refractivity contribution in [2.75, 3.05) is 37.6 Å². The second kappa shape index (κ2) is 7.54. The van der Waals surface area contributed by atoms with E-state index in [1.807, 2.05) is 0 Å². The van der Waals surface area contributed by atoms with E-state index >= 15 is 0 Å². The molecule has 0 spiro atoms. The second-order valence-electron chi connectivity index (χ2n) is 5.83. The number of rotatable bonds is 6. The molecular weight excluding hydrogens is 232 g/mol. The zero-order chi connectivity index (χ0) is 13.5. The molecule has 0 bridgehead atoms. The smallest absolute Gasteiger partial charge is 0.0949 e. The summed E-state index contributed by atoms with van der Waals surface area (Å²) in [6, 6.07) is 8.78. The third-order valence-electron chi connectivity index (χ3n) is 4.31. The Morgan fingerprint density at radius 1 is 1.05 bits per heavy atom. The van der Waals surface area contributed by atoms with Crippen molar-refractivity contribution >= 4 is 5.69 Å². The van der Waals surface area contributed by atoms with Gasteiger partial charge in [-0.05, 0) is 31.4 Å². The predicted molar refractivity (Wildman–Crippen MR) is 83.1 cm³/mol. The van der Waals surface area contributed by atoms with E-state index in [0.29, 0.717) is 0 Å². The van der Waals surface area contributed by atoms with Crippen LogP contribution in [-0.2, 0) is 0 Å². The van der Waals surface area contributed by atoms with E-state index in [4.69, 9.17) is 0 Å². The minimum atomic E-state index is 1.22. The number of benzene rings is 1. The van der Waals surface area contributed by atoms with E-state index in [0.717, 1.165) is 0 Å². The summed E-state index contributed by atoms with van der Waals surface area (Å²) < 4.78 is 0. The Balaban J connectivity index is 1.75. The Bertz CT molecular complexity index is 367. The van der Waals surface area contributed by atoms with Gasteiger partial charge in [-0.3, -0.25) is 0 Å². The number of para-hydroxylation sites is 1. The number of nitrogens with one attached hydrogen (secondary N) is 1. The molecule has 0 atom stereocenters. The maximum absolute atomic E-state index is 2.56. The minimum Gasteiger partial charge on any atom is -0.360 e. The fraction of sp³-hybridized carbons (Fsp3) is 0.647. The quantitative estimate of drug-likeness (QED) is 0.772. The van der Waals surface area contributed by atoms with Crippen molar-refractivity contribution in [3.63, 3.8) is 0 Å². The Labute approximate surface area is 118 Å². The summed E-state index contributed by atoms with van der Waals surface area (Å²) in [6.07, 6.45) is 5.58. The molecule has 2 nitrogen and oxygen atoms in total. The van der Waals surface area contributed by atoms with Crippen molar-refractivity contribution in [3.05, 3.63) is 29.8 Å². The van der Waals surface area contributed by atoms with Crippen LogP contribution in [0.1, 0.15) is 38.2 Å². The van der Waals surface area contributed by atoms with Gasteiger partial charge in [0.05, 0.1) is 32.7 Å². The summed E-state index contributed by atoms with van der Waals surface area (Å²) in [5, 5.41) is 0. The van der Waals surface area contributed by atoms with Gasteiger partial charge in [0.1, 0.15) is 0 Å². The molecule has 0 aromatic heterocycles. The maximum atomic E-state index is 2.56. The molecule has 1 aliphatic heterocycles. The summed E-state index contributed by atoms with van der Waals surface area (Å²) >= 11 is 0. The van der Waals surface area contributed by atoms with E-state index in [1.54, 1.807) is 4.90 Å². The van der Waals surface area contributed by atoms with Crippen molar-refractivity contribution in [2.45, 2.75) is 39.5 Å². The van der Waals surface area contributed by atoms with E-state index in [1.165, 1.54) is 69.7 Å². The van der Waals surface area contributed by atoms with Gasteiger partial charge in [0.2, 0.25) is 0 Å². The first kappa shape index (κ1) is 14.4. The van der Waals surface area contributed by atoms with Crippen LogP contribution in [0.25, 0.3) is 0 Å². The van der Waals surface area contributed by atoms with Crippen LogP contribution in [0.15, 0.2) is 24.3 Å². The fourth-order valence-electron chi connectivity index (χ4n) is 3.03. The van der Waals surface area contributed by atoms with Crippen molar-refractivity contribution in [1.29, 1.82) is 0 Å². The van der Waals surface area contributed by atoms with Crippen LogP contribution < -0.4 is 9.80 Å². The Morgan fingerprint density at radius 3 is 2.47 bits per heavy atom. The van der Waals surface area contributed by atoms with Gasteiger partial charge in [0.25, 0.3) is 0 Å². The third-order valence-corrected chi connectivity index (χ3v) is 4.31. The van der Waals surface area contributed by atoms with Gasteiger partial charge in [-0.1, -0.05) is 38.0 Å². The number of hydrogen-bond acceptors (Lipinski definition) is 1. The molecule has 0 radical (unpaired) electrons. The molecule has 1 fully saturated rings. The first-order chi connectivity index (χ1) is 9.31. The number of anilines is 1. The van der Waals surface area contributed by atoms with Crippen molar-refractivity contribution in [2.24, 2.45) is 0 Å². The van der Waals surface area contributed by atoms with E-state index < -0.39 is 0 Å². The number of quaternary nitrogens is 1. The molecule has 2 heteroatoms. The first-order valence-corrected chi connectivity index (χ1v) is 7.95. The topological polar surface area (TPSA) is 7.68 Å². The molecule has 1 aromatic rings. The average Bonchev–Trinajstić information content (AvgIpc) is 2.45. The second-order valence-corrected chi connectivity index (χ2v) is 5.83. The molecule has 0 amide bonds. The van der Waals surface area contributed by atoms with E-state index in [2.05, 4.69) is 43.0 Å². The third kappa shape index (κ3) is 4.24. The Kier molecular flexibility index (Phi) is 5.71. The summed E-state index contributed by atoms with van der Waals surface area (Å²) in [7, 11) is 0. The molecule has 1 heterocycles. The summed E-state index contributed by atoms with van der Waals surface area (Å²) in [5.41, 5.74) is 2.85. The van der Waals surface area contributed by atoms with Crippen molar-refractivity contribution in [1.82, 2.24) is 0 Å². The van der Waals surface area contributed by atoms with Gasteiger partial charge in [-0.2, -0.15) is 0 Å². The lowest BCUT2D eigenvalue weighted by atomic mass is 10.1. The molecule has 106 valence electrons. The number of nitrogens with zero attached hydrogens (tertiary/aromatic N) is 1. The molecule has 1 N–H and O–H groups in total. The Hall–Kier alpha value is -1.02. The highest BCUT2D eigenvalue weighted by Crippen LogP contribution is 2.18. The minimum absolute atomic E-state index is 1.22. The van der Waals surface area contributed by atoms with E-state index in [-0.39, 0.29) is 0 Å². The van der Waals surface area contributed by atoms with Crippen LogP contribution in [0.3, 0.4) is 0 Å². The lowest BCUT2D eigenvalue weighted by Gasteiger charge is -2.34. The number of hydrogen-bond donors (Lipinski definition) is 1. The van der Waals surface area contributed by atoms with Crippen LogP contribution in [0.4, 0.5) is 5.69 Å². The molecule has 0 unspecified atom stereocenters. The van der Waals surface area contributed by atoms with Gasteiger partial charge in [-0.15, -0.1) is 0 Å². The van der Waals surface area contributed by atoms with Crippen LogP contribution in [0.2, 0.25) is 0 Å². The highest BCUT2D eigenvalue weighted by molar-refractivity contribution is 5.53. The van der Waals surface area contributed by atoms with Gasteiger partial charge in [-0.25, -0.2) is 0 Å². The average molecular weight is 261 g/mol. The zero-order valence-electron chi connectivity index (χ0n) is 12.6. The molecule has 1 aromatic carbocycles. The molecule has 0 saturated carbocycles. The SMILES string of the molecule is CCCCCC[NH+]1CCN(c2ccccc2C)CC1. The monoisotopic (exact) mass is 261 g/mol. The normalized spacial score (nSPS) is 16.8. The molecular formula is C17H29N2+. The highest BCUT2D eigenvalue weighted by Gasteiger charge is 2.20. The number of piperazine rings is 1. The first-order valence-electron chi connectivity index (χ1n) is 7.95. The summed E-state index contributed by atoms with van der Waals surface area (Å²) in [6.45, 7) is 10.9. The van der Waals surface area contributed by atoms with Gasteiger partial charge >= 0.3 is 0 Å². The van der Waals surface area contributed by atoms with Gasteiger partial charge in [0, 0.05) is 5.69 Å². The predicted octanol–water partition coefficient (Wildman–Crippen LogP) is 2.28. The van der Waals surface area contributed by atoms with E-state index in [9.17, 15) is 0 Å². The largest absolute Gasteiger partial charge is 0.360 e. The fourth-order valence-corrected chi connectivity index (χ4v) is 3.03. The van der Waals surface area contributed by atoms with Crippen LogP contribution >= 0.6 is 0 Å². The lowest BCUT2D eigenvalue weighted by molar-refractivity contribution is -0.900. The highest BCUT2D eigenvalue weighted by atomic mass is 15.3. The van der Waals surface area contributed by atoms with Gasteiger partial charge in [0.15, 0.2) is 0 Å². The molecule has 1 saturated heterocycles. The zero-order valence-corrected chi connectivity index (χ0v) is 12.6. The standard InChI is InChI=1S/C17H28N2/c1-3-4-5-8-11-18-12-14-19(15-13-18)17-10-7-6-9-16(17)2/h6-7,9-10H,3-5,8,11-15H2,1-2H3/p+1. The van der Waals surface area contributed by atoms with Crippen LogP contribution in [0.5, 0.6) is 0 Å². The summed E-state index contributed by atoms with van der Waals surface area (Å²) in [5.74, 6) is 0. The molecule has 19 heavy (non-hydrogen) atoms. The van der Waals surface area contributed by atoms with Crippen LogP contribution in [0, 0.1) is 6.92 Å². The molecule has 2 rings (SSSR count). The lowest BCUT2D eigenvalue weighted by Crippen LogP contribution is -3.14.